The predicted molar refractivity (Wildman–Crippen MR) is 73.8 cm³/mol. The van der Waals surface area contributed by atoms with Crippen molar-refractivity contribution >= 4 is 5.91 Å². The summed E-state index contributed by atoms with van der Waals surface area (Å²) in [7, 11) is 1.71. The number of methoxy groups -OCH3 is 1. The lowest BCUT2D eigenvalue weighted by atomic mass is 9.87. The van der Waals surface area contributed by atoms with Gasteiger partial charge in [0.25, 0.3) is 0 Å². The minimum Gasteiger partial charge on any atom is -0.383 e. The van der Waals surface area contributed by atoms with Crippen molar-refractivity contribution in [2.24, 2.45) is 11.8 Å². The molecule has 3 rings (SSSR count). The Labute approximate surface area is 115 Å². The van der Waals surface area contributed by atoms with Gasteiger partial charge in [0.1, 0.15) is 0 Å². The molecule has 0 radical (unpaired) electrons. The van der Waals surface area contributed by atoms with E-state index in [2.05, 4.69) is 17.1 Å². The average Bonchev–Trinajstić information content (AvgIpc) is 3.06. The van der Waals surface area contributed by atoms with Gasteiger partial charge in [-0.1, -0.05) is 0 Å². The molecule has 2 bridgehead atoms. The summed E-state index contributed by atoms with van der Waals surface area (Å²) in [5.41, 5.74) is 0. The van der Waals surface area contributed by atoms with Gasteiger partial charge in [0.15, 0.2) is 0 Å². The van der Waals surface area contributed by atoms with E-state index < -0.39 is 0 Å². The quantitative estimate of drug-likeness (QED) is 0.790. The normalized spacial score (nSPS) is 34.5. The number of nitrogens with one attached hydrogen (secondary N) is 1. The van der Waals surface area contributed by atoms with Crippen LogP contribution in [0.15, 0.2) is 0 Å². The summed E-state index contributed by atoms with van der Waals surface area (Å²) in [4.78, 5) is 15.0. The number of amides is 1. The number of rotatable bonds is 6. The van der Waals surface area contributed by atoms with Crippen LogP contribution in [0, 0.1) is 11.8 Å². The highest BCUT2D eigenvalue weighted by Crippen LogP contribution is 2.38. The van der Waals surface area contributed by atoms with Gasteiger partial charge in [-0.3, -0.25) is 4.79 Å². The maximum absolute atomic E-state index is 12.8. The minimum absolute atomic E-state index is 0.219. The summed E-state index contributed by atoms with van der Waals surface area (Å²) in [5, 5.41) is 3.57. The molecule has 1 amide bonds. The first-order valence-corrected chi connectivity index (χ1v) is 7.76. The Hall–Kier alpha value is -0.610. The van der Waals surface area contributed by atoms with Crippen molar-refractivity contribution in [1.82, 2.24) is 10.2 Å². The van der Waals surface area contributed by atoms with Crippen LogP contribution in [0.4, 0.5) is 0 Å². The zero-order chi connectivity index (χ0) is 13.4. The lowest BCUT2D eigenvalue weighted by Gasteiger charge is -2.33. The Kier molecular flexibility index (Phi) is 3.81. The molecule has 2 aliphatic heterocycles. The van der Waals surface area contributed by atoms with Crippen molar-refractivity contribution in [2.45, 2.75) is 57.2 Å². The number of hydrogen-bond acceptors (Lipinski definition) is 3. The molecule has 2 saturated heterocycles. The van der Waals surface area contributed by atoms with E-state index in [4.69, 9.17) is 4.74 Å². The van der Waals surface area contributed by atoms with Crippen LogP contribution in [0.5, 0.6) is 0 Å². The van der Waals surface area contributed by atoms with Gasteiger partial charge in [-0.2, -0.15) is 0 Å². The number of hydrogen-bond donors (Lipinski definition) is 1. The fourth-order valence-electron chi connectivity index (χ4n) is 3.85. The summed E-state index contributed by atoms with van der Waals surface area (Å²) in [6.45, 7) is 3.61. The number of nitrogens with zero attached hydrogens (tertiary/aromatic N) is 1. The second-order valence-corrected chi connectivity index (χ2v) is 6.49. The Morgan fingerprint density at radius 2 is 2.16 bits per heavy atom. The third kappa shape index (κ3) is 2.65. The largest absolute Gasteiger partial charge is 0.383 e. The van der Waals surface area contributed by atoms with Gasteiger partial charge < -0.3 is 15.0 Å². The van der Waals surface area contributed by atoms with Crippen LogP contribution < -0.4 is 5.32 Å². The molecule has 1 saturated carbocycles. The number of carbonyl (C=O) groups excluding carboxylic acids is 1. The Bertz CT molecular complexity index is 343. The summed E-state index contributed by atoms with van der Waals surface area (Å²) in [6, 6.07) is 1.43. The topological polar surface area (TPSA) is 41.6 Å². The van der Waals surface area contributed by atoms with Crippen LogP contribution in [0.25, 0.3) is 0 Å². The molecule has 4 atom stereocenters. The third-order valence-corrected chi connectivity index (χ3v) is 5.23. The number of fused-ring (bicyclic) bond motifs is 2. The number of carbonyl (C=O) groups is 1. The second-order valence-electron chi connectivity index (χ2n) is 6.49. The smallest absolute Gasteiger partial charge is 0.227 e. The van der Waals surface area contributed by atoms with Crippen molar-refractivity contribution in [2.75, 3.05) is 20.3 Å². The molecule has 4 unspecified atom stereocenters. The SMILES string of the molecule is COCCN(C(=O)C1CC2CCC1N2)C(C)C1CC1. The Balaban J connectivity index is 1.65. The molecule has 3 fully saturated rings. The summed E-state index contributed by atoms with van der Waals surface area (Å²) < 4.78 is 5.19. The zero-order valence-electron chi connectivity index (χ0n) is 12.1. The highest BCUT2D eigenvalue weighted by Gasteiger charge is 2.45. The summed E-state index contributed by atoms with van der Waals surface area (Å²) in [6.07, 6.45) is 6.05. The van der Waals surface area contributed by atoms with Gasteiger partial charge in [-0.05, 0) is 44.9 Å². The van der Waals surface area contributed by atoms with Crippen LogP contribution in [0.3, 0.4) is 0 Å². The minimum atomic E-state index is 0.219. The molecule has 4 nitrogen and oxygen atoms in total. The molecular formula is C15H26N2O2. The average molecular weight is 266 g/mol. The van der Waals surface area contributed by atoms with Crippen LogP contribution in [0.1, 0.15) is 39.0 Å². The monoisotopic (exact) mass is 266 g/mol. The standard InChI is InChI=1S/C15H26N2O2/c1-10(11-3-4-11)17(7-8-19-2)15(18)13-9-12-5-6-14(13)16-12/h10-14,16H,3-9H2,1-2H3. The third-order valence-electron chi connectivity index (χ3n) is 5.23. The number of ether oxygens (including phenoxy) is 1. The molecule has 19 heavy (non-hydrogen) atoms. The van der Waals surface area contributed by atoms with Crippen LogP contribution in [0.2, 0.25) is 0 Å². The highest BCUT2D eigenvalue weighted by atomic mass is 16.5. The van der Waals surface area contributed by atoms with Gasteiger partial charge in [0.2, 0.25) is 5.91 Å². The first-order chi connectivity index (χ1) is 9.20. The van der Waals surface area contributed by atoms with E-state index in [1.165, 1.54) is 25.7 Å². The van der Waals surface area contributed by atoms with Crippen molar-refractivity contribution in [3.05, 3.63) is 0 Å². The maximum Gasteiger partial charge on any atom is 0.227 e. The molecule has 4 heteroatoms. The van der Waals surface area contributed by atoms with Crippen molar-refractivity contribution < 1.29 is 9.53 Å². The van der Waals surface area contributed by atoms with Gasteiger partial charge in [-0.25, -0.2) is 0 Å². The first kappa shape index (κ1) is 13.4. The maximum atomic E-state index is 12.8. The Morgan fingerprint density at radius 3 is 2.68 bits per heavy atom. The molecule has 3 aliphatic rings. The van der Waals surface area contributed by atoms with Crippen LogP contribution in [-0.4, -0.2) is 49.2 Å². The molecule has 1 aliphatic carbocycles. The van der Waals surface area contributed by atoms with E-state index in [9.17, 15) is 4.79 Å². The molecule has 1 N–H and O–H groups in total. The lowest BCUT2D eigenvalue weighted by molar-refractivity contribution is -0.139. The molecule has 2 heterocycles. The Morgan fingerprint density at radius 1 is 1.37 bits per heavy atom. The van der Waals surface area contributed by atoms with Crippen LogP contribution >= 0.6 is 0 Å². The first-order valence-electron chi connectivity index (χ1n) is 7.76. The van der Waals surface area contributed by atoms with Gasteiger partial charge in [0, 0.05) is 31.8 Å². The second kappa shape index (κ2) is 5.41. The lowest BCUT2D eigenvalue weighted by Crippen LogP contribution is -2.47. The molecular weight excluding hydrogens is 240 g/mol. The van der Waals surface area contributed by atoms with Crippen molar-refractivity contribution in [3.63, 3.8) is 0 Å². The summed E-state index contributed by atoms with van der Waals surface area (Å²) >= 11 is 0. The van der Waals surface area contributed by atoms with E-state index in [1.807, 2.05) is 0 Å². The van der Waals surface area contributed by atoms with Crippen molar-refractivity contribution in [1.29, 1.82) is 0 Å². The van der Waals surface area contributed by atoms with Gasteiger partial charge in [-0.15, -0.1) is 0 Å². The summed E-state index contributed by atoms with van der Waals surface area (Å²) in [5.74, 6) is 1.32. The fourth-order valence-corrected chi connectivity index (χ4v) is 3.85. The van der Waals surface area contributed by atoms with E-state index in [0.717, 1.165) is 18.9 Å². The fraction of sp³-hybridized carbons (Fsp3) is 0.933. The zero-order valence-corrected chi connectivity index (χ0v) is 12.1. The molecule has 0 aromatic heterocycles. The highest BCUT2D eigenvalue weighted by molar-refractivity contribution is 5.80. The van der Waals surface area contributed by atoms with E-state index in [-0.39, 0.29) is 5.92 Å². The molecule has 0 spiro atoms. The van der Waals surface area contributed by atoms with Gasteiger partial charge in [0.05, 0.1) is 12.5 Å². The van der Waals surface area contributed by atoms with Crippen LogP contribution in [-0.2, 0) is 9.53 Å². The van der Waals surface area contributed by atoms with E-state index in [0.29, 0.717) is 30.6 Å². The van der Waals surface area contributed by atoms with Gasteiger partial charge >= 0.3 is 0 Å². The molecule has 0 aromatic rings. The molecule has 108 valence electrons. The van der Waals surface area contributed by atoms with E-state index >= 15 is 0 Å². The van der Waals surface area contributed by atoms with E-state index in [1.54, 1.807) is 7.11 Å². The predicted octanol–water partition coefficient (Wildman–Crippen LogP) is 1.40. The molecule has 0 aromatic carbocycles. The van der Waals surface area contributed by atoms with Crippen molar-refractivity contribution in [3.8, 4) is 0 Å².